The van der Waals surface area contributed by atoms with Crippen molar-refractivity contribution in [2.75, 3.05) is 32.7 Å². The van der Waals surface area contributed by atoms with Gasteiger partial charge in [0.2, 0.25) is 15.9 Å². The van der Waals surface area contributed by atoms with E-state index in [0.717, 1.165) is 25.0 Å². The molecule has 1 N–H and O–H groups in total. The minimum absolute atomic E-state index is 0.0286. The first-order valence-corrected chi connectivity index (χ1v) is 11.7. The van der Waals surface area contributed by atoms with Crippen molar-refractivity contribution in [3.05, 3.63) is 30.1 Å². The van der Waals surface area contributed by atoms with Crippen LogP contribution in [0.25, 0.3) is 0 Å². The summed E-state index contributed by atoms with van der Waals surface area (Å²) in [5.41, 5.74) is 0. The molecule has 8 heteroatoms. The molecule has 1 aromatic rings. The van der Waals surface area contributed by atoms with Crippen molar-refractivity contribution in [1.29, 1.82) is 0 Å². The van der Waals surface area contributed by atoms with Crippen LogP contribution in [0.15, 0.2) is 29.2 Å². The van der Waals surface area contributed by atoms with Crippen molar-refractivity contribution in [3.8, 4) is 0 Å². The number of nitrogens with one attached hydrogen (secondary N) is 1. The maximum atomic E-state index is 13.0. The molecule has 0 unspecified atom stereocenters. The zero-order valence-corrected chi connectivity index (χ0v) is 17.1. The normalized spacial score (nSPS) is 20.5. The molecule has 1 aromatic carbocycles. The molecule has 0 atom stereocenters. The predicted octanol–water partition coefficient (Wildman–Crippen LogP) is 2.36. The Balaban J connectivity index is 1.47. The molecule has 2 aliphatic rings. The molecular weight excluding hydrogens is 381 g/mol. The van der Waals surface area contributed by atoms with Crippen LogP contribution >= 0.6 is 0 Å². The van der Waals surface area contributed by atoms with Gasteiger partial charge in [0.05, 0.1) is 11.4 Å². The first kappa shape index (κ1) is 21.2. The highest BCUT2D eigenvalue weighted by Crippen LogP contribution is 2.19. The van der Waals surface area contributed by atoms with E-state index in [-0.39, 0.29) is 23.9 Å². The fourth-order valence-electron chi connectivity index (χ4n) is 3.94. The Morgan fingerprint density at radius 3 is 2.14 bits per heavy atom. The van der Waals surface area contributed by atoms with Crippen molar-refractivity contribution >= 4 is 15.9 Å². The van der Waals surface area contributed by atoms with E-state index < -0.39 is 15.8 Å². The predicted molar refractivity (Wildman–Crippen MR) is 106 cm³/mol. The molecule has 3 rings (SSSR count). The maximum Gasteiger partial charge on any atom is 0.243 e. The Labute approximate surface area is 167 Å². The Bertz CT molecular complexity index is 738. The highest BCUT2D eigenvalue weighted by atomic mass is 32.2. The van der Waals surface area contributed by atoms with Gasteiger partial charge in [-0.05, 0) is 37.1 Å². The summed E-state index contributed by atoms with van der Waals surface area (Å²) in [5.74, 6) is -0.438. The average Bonchev–Trinajstić information content (AvgIpc) is 2.67. The summed E-state index contributed by atoms with van der Waals surface area (Å²) in [4.78, 5) is 14.3. The molecule has 1 heterocycles. The Morgan fingerprint density at radius 1 is 0.964 bits per heavy atom. The summed E-state index contributed by atoms with van der Waals surface area (Å²) >= 11 is 0. The number of carbonyl (C=O) groups is 1. The van der Waals surface area contributed by atoms with Crippen LogP contribution in [0.4, 0.5) is 4.39 Å². The summed E-state index contributed by atoms with van der Waals surface area (Å²) in [6.45, 7) is 1.59. The van der Waals surface area contributed by atoms with Crippen LogP contribution in [0, 0.1) is 5.82 Å². The number of piperazine rings is 1. The molecule has 2 fully saturated rings. The Hall–Kier alpha value is -1.51. The van der Waals surface area contributed by atoms with E-state index in [1.807, 2.05) is 0 Å². The molecule has 28 heavy (non-hydrogen) atoms. The molecule has 0 aromatic heterocycles. The molecule has 156 valence electrons. The summed E-state index contributed by atoms with van der Waals surface area (Å²) in [6, 6.07) is 5.26. The number of rotatable bonds is 5. The average molecular weight is 412 g/mol. The third-order valence-corrected chi connectivity index (χ3v) is 7.60. The van der Waals surface area contributed by atoms with Crippen LogP contribution in [0.2, 0.25) is 0 Å². The molecule has 6 nitrogen and oxygen atoms in total. The van der Waals surface area contributed by atoms with Crippen LogP contribution in [0.3, 0.4) is 0 Å². The molecular formula is C20H30FN3O3S. The SMILES string of the molecule is O=C(CNC1CCCCCCC1)N1CCN(S(=O)(=O)c2ccc(F)cc2)CC1. The van der Waals surface area contributed by atoms with E-state index in [9.17, 15) is 17.6 Å². The van der Waals surface area contributed by atoms with Crippen LogP contribution in [-0.2, 0) is 14.8 Å². The second-order valence-electron chi connectivity index (χ2n) is 7.66. The zero-order valence-electron chi connectivity index (χ0n) is 16.3. The first-order valence-electron chi connectivity index (χ1n) is 10.2. The number of hydrogen-bond donors (Lipinski definition) is 1. The summed E-state index contributed by atoms with van der Waals surface area (Å²) in [5, 5.41) is 3.40. The van der Waals surface area contributed by atoms with Crippen LogP contribution in [-0.4, -0.2) is 62.3 Å². The fourth-order valence-corrected chi connectivity index (χ4v) is 5.36. The van der Waals surface area contributed by atoms with Crippen molar-refractivity contribution in [2.45, 2.75) is 55.9 Å². The topological polar surface area (TPSA) is 69.7 Å². The van der Waals surface area contributed by atoms with E-state index in [2.05, 4.69) is 5.32 Å². The van der Waals surface area contributed by atoms with Gasteiger partial charge in [-0.1, -0.05) is 32.1 Å². The van der Waals surface area contributed by atoms with Gasteiger partial charge in [-0.15, -0.1) is 0 Å². The number of halogens is 1. The quantitative estimate of drug-likeness (QED) is 0.808. The lowest BCUT2D eigenvalue weighted by atomic mass is 9.97. The molecule has 0 spiro atoms. The monoisotopic (exact) mass is 411 g/mol. The first-order chi connectivity index (χ1) is 13.5. The third-order valence-electron chi connectivity index (χ3n) is 5.69. The molecule has 0 radical (unpaired) electrons. The fraction of sp³-hybridized carbons (Fsp3) is 0.650. The zero-order chi connectivity index (χ0) is 20.0. The van der Waals surface area contributed by atoms with Gasteiger partial charge in [0.1, 0.15) is 5.82 Å². The highest BCUT2D eigenvalue weighted by Gasteiger charge is 2.30. The van der Waals surface area contributed by atoms with Crippen molar-refractivity contribution in [3.63, 3.8) is 0 Å². The van der Waals surface area contributed by atoms with Crippen LogP contribution in [0.5, 0.6) is 0 Å². The minimum atomic E-state index is -3.65. The van der Waals surface area contributed by atoms with Crippen LogP contribution < -0.4 is 5.32 Å². The highest BCUT2D eigenvalue weighted by molar-refractivity contribution is 7.89. The summed E-state index contributed by atoms with van der Waals surface area (Å²) in [6.07, 6.45) is 8.54. The van der Waals surface area contributed by atoms with E-state index in [1.165, 1.54) is 48.5 Å². The third kappa shape index (κ3) is 5.52. The molecule has 1 saturated carbocycles. The maximum absolute atomic E-state index is 13.0. The standard InChI is InChI=1S/C20H30FN3O3S/c21-17-8-10-19(11-9-17)28(26,27)24-14-12-23(13-15-24)20(25)16-22-18-6-4-2-1-3-5-7-18/h8-11,18,22H,1-7,12-16H2. The van der Waals surface area contributed by atoms with E-state index in [1.54, 1.807) is 4.90 Å². The lowest BCUT2D eigenvalue weighted by molar-refractivity contribution is -0.131. The Morgan fingerprint density at radius 2 is 1.54 bits per heavy atom. The number of amides is 1. The van der Waals surface area contributed by atoms with Gasteiger partial charge in [-0.2, -0.15) is 4.31 Å². The van der Waals surface area contributed by atoms with Gasteiger partial charge in [0.25, 0.3) is 0 Å². The molecule has 1 saturated heterocycles. The smallest absolute Gasteiger partial charge is 0.243 e. The summed E-state index contributed by atoms with van der Waals surface area (Å²) < 4.78 is 39.7. The van der Waals surface area contributed by atoms with Crippen molar-refractivity contribution in [2.24, 2.45) is 0 Å². The number of carbonyl (C=O) groups excluding carboxylic acids is 1. The van der Waals surface area contributed by atoms with Gasteiger partial charge in [0.15, 0.2) is 0 Å². The van der Waals surface area contributed by atoms with Crippen molar-refractivity contribution < 1.29 is 17.6 Å². The molecule has 1 aliphatic heterocycles. The van der Waals surface area contributed by atoms with E-state index >= 15 is 0 Å². The van der Waals surface area contributed by atoms with Gasteiger partial charge < -0.3 is 10.2 Å². The second kappa shape index (κ2) is 9.80. The minimum Gasteiger partial charge on any atom is -0.339 e. The van der Waals surface area contributed by atoms with Gasteiger partial charge >= 0.3 is 0 Å². The van der Waals surface area contributed by atoms with E-state index in [0.29, 0.717) is 25.7 Å². The number of nitrogens with zero attached hydrogens (tertiary/aromatic N) is 2. The molecule has 0 bridgehead atoms. The summed E-state index contributed by atoms with van der Waals surface area (Å²) in [7, 11) is -3.65. The van der Waals surface area contributed by atoms with Gasteiger partial charge in [-0.25, -0.2) is 12.8 Å². The number of sulfonamides is 1. The number of benzene rings is 1. The Kier molecular flexibility index (Phi) is 7.42. The second-order valence-corrected chi connectivity index (χ2v) is 9.60. The largest absolute Gasteiger partial charge is 0.339 e. The molecule has 1 aliphatic carbocycles. The van der Waals surface area contributed by atoms with E-state index in [4.69, 9.17) is 0 Å². The lowest BCUT2D eigenvalue weighted by Crippen LogP contribution is -2.52. The molecule has 1 amide bonds. The lowest BCUT2D eigenvalue weighted by Gasteiger charge is -2.34. The van der Waals surface area contributed by atoms with Gasteiger partial charge in [-0.3, -0.25) is 4.79 Å². The van der Waals surface area contributed by atoms with Gasteiger partial charge in [0, 0.05) is 32.2 Å². The van der Waals surface area contributed by atoms with Crippen molar-refractivity contribution in [1.82, 2.24) is 14.5 Å². The van der Waals surface area contributed by atoms with Crippen LogP contribution in [0.1, 0.15) is 44.9 Å². The number of hydrogen-bond acceptors (Lipinski definition) is 4.